The molecule has 0 saturated carbocycles. The van der Waals surface area contributed by atoms with Crippen molar-refractivity contribution in [2.75, 3.05) is 26.3 Å². The Kier molecular flexibility index (Phi) is 6.86. The number of nitrogens with one attached hydrogen (secondary N) is 1. The smallest absolute Gasteiger partial charge is 0.267 e. The number of amides is 1. The van der Waals surface area contributed by atoms with Gasteiger partial charge in [0.05, 0.1) is 23.9 Å². The van der Waals surface area contributed by atoms with Gasteiger partial charge >= 0.3 is 0 Å². The zero-order valence-electron chi connectivity index (χ0n) is 20.5. The Labute approximate surface area is 210 Å². The molecule has 2 fully saturated rings. The Morgan fingerprint density at radius 3 is 2.78 bits per heavy atom. The third-order valence-corrected chi connectivity index (χ3v) is 7.63. The second kappa shape index (κ2) is 10.2. The second-order valence-electron chi connectivity index (χ2n) is 9.95. The lowest BCUT2D eigenvalue weighted by molar-refractivity contribution is 0.0374. The fourth-order valence-corrected chi connectivity index (χ4v) is 5.36. The van der Waals surface area contributed by atoms with E-state index in [1.807, 2.05) is 37.3 Å². The van der Waals surface area contributed by atoms with Crippen LogP contribution in [0.2, 0.25) is 0 Å². The van der Waals surface area contributed by atoms with Gasteiger partial charge in [-0.25, -0.2) is 0 Å². The van der Waals surface area contributed by atoms with Crippen molar-refractivity contribution in [1.82, 2.24) is 19.6 Å². The van der Waals surface area contributed by atoms with E-state index in [4.69, 9.17) is 4.74 Å². The minimum Gasteiger partial charge on any atom is -0.381 e. The van der Waals surface area contributed by atoms with Gasteiger partial charge in [0.25, 0.3) is 11.5 Å². The molecule has 8 nitrogen and oxygen atoms in total. The van der Waals surface area contributed by atoms with Gasteiger partial charge < -0.3 is 10.1 Å². The van der Waals surface area contributed by atoms with E-state index in [9.17, 15) is 14.9 Å². The molecule has 0 bridgehead atoms. The molecule has 8 heteroatoms. The number of carbonyl (C=O) groups is 1. The largest absolute Gasteiger partial charge is 0.381 e. The molecular weight excluding hydrogens is 454 g/mol. The number of pyridine rings is 3. The predicted molar refractivity (Wildman–Crippen MR) is 136 cm³/mol. The van der Waals surface area contributed by atoms with Gasteiger partial charge in [0.1, 0.15) is 11.0 Å². The van der Waals surface area contributed by atoms with Crippen LogP contribution in [0, 0.1) is 17.2 Å². The minimum atomic E-state index is -0.584. The summed E-state index contributed by atoms with van der Waals surface area (Å²) in [6.07, 6.45) is 5.55. The number of nitriles is 1. The lowest BCUT2D eigenvalue weighted by Crippen LogP contribution is -2.46. The Bertz CT molecular complexity index is 1340. The first-order valence-electron chi connectivity index (χ1n) is 12.6. The molecule has 3 aromatic heterocycles. The highest BCUT2D eigenvalue weighted by molar-refractivity contribution is 5.94. The molecule has 0 aromatic carbocycles. The van der Waals surface area contributed by atoms with Crippen molar-refractivity contribution in [3.8, 4) is 6.07 Å². The molecule has 1 N–H and O–H groups in total. The standard InChI is InChI=1S/C28H31N5O3/c1-20-18-36-15-8-23(20)31-26(34)22-16-21(24-6-3-5-12-33(24)27(22)35)17-32-13-9-28(19-29,10-14-32)25-7-2-4-11-30-25/h2-7,11-12,16,20,23H,8-10,13-15,17-18H2,1H3,(H,31,34)/t20-,23-/m0/s1. The fourth-order valence-electron chi connectivity index (χ4n) is 5.36. The topological polar surface area (TPSA) is 99.7 Å². The summed E-state index contributed by atoms with van der Waals surface area (Å²) in [6, 6.07) is 15.6. The highest BCUT2D eigenvalue weighted by Crippen LogP contribution is 2.34. The van der Waals surface area contributed by atoms with Crippen molar-refractivity contribution >= 4 is 11.4 Å². The SMILES string of the molecule is C[C@H]1COCC[C@@H]1NC(=O)c1cc(CN2CCC(C#N)(c3ccccn3)CC2)c2ccccn2c1=O. The van der Waals surface area contributed by atoms with E-state index in [2.05, 4.69) is 21.3 Å². The fraction of sp³-hybridized carbons (Fsp3) is 0.429. The van der Waals surface area contributed by atoms with E-state index in [0.29, 0.717) is 32.6 Å². The normalized spacial score (nSPS) is 22.1. The molecule has 2 saturated heterocycles. The van der Waals surface area contributed by atoms with E-state index >= 15 is 0 Å². The van der Waals surface area contributed by atoms with Gasteiger partial charge in [0.15, 0.2) is 0 Å². The van der Waals surface area contributed by atoms with Crippen molar-refractivity contribution in [1.29, 1.82) is 5.26 Å². The number of fused-ring (bicyclic) bond motifs is 1. The summed E-state index contributed by atoms with van der Waals surface area (Å²) in [5, 5.41) is 13.1. The first-order chi connectivity index (χ1) is 17.5. The maximum absolute atomic E-state index is 13.2. The first-order valence-corrected chi connectivity index (χ1v) is 12.6. The first kappa shape index (κ1) is 24.2. The summed E-state index contributed by atoms with van der Waals surface area (Å²) in [5.41, 5.74) is 1.79. The number of likely N-dealkylation sites (tertiary alicyclic amines) is 1. The molecule has 0 aliphatic carbocycles. The van der Waals surface area contributed by atoms with Crippen LogP contribution in [-0.2, 0) is 16.7 Å². The average Bonchev–Trinajstić information content (AvgIpc) is 2.92. The molecule has 2 aliphatic rings. The molecule has 3 aromatic rings. The van der Waals surface area contributed by atoms with Crippen molar-refractivity contribution in [2.45, 2.75) is 44.2 Å². The molecular formula is C28H31N5O3. The van der Waals surface area contributed by atoms with Gasteiger partial charge in [-0.05, 0) is 61.1 Å². The molecule has 36 heavy (non-hydrogen) atoms. The highest BCUT2D eigenvalue weighted by atomic mass is 16.5. The van der Waals surface area contributed by atoms with E-state index in [1.165, 1.54) is 0 Å². The molecule has 0 unspecified atom stereocenters. The van der Waals surface area contributed by atoms with Crippen LogP contribution in [0.3, 0.4) is 0 Å². The van der Waals surface area contributed by atoms with Crippen LogP contribution in [0.1, 0.15) is 47.8 Å². The highest BCUT2D eigenvalue weighted by Gasteiger charge is 2.37. The number of rotatable bonds is 5. The number of nitrogens with zero attached hydrogens (tertiary/aromatic N) is 4. The number of hydrogen-bond acceptors (Lipinski definition) is 6. The monoisotopic (exact) mass is 485 g/mol. The van der Waals surface area contributed by atoms with Crippen molar-refractivity contribution in [3.05, 3.63) is 82.0 Å². The van der Waals surface area contributed by atoms with E-state index in [0.717, 1.165) is 36.3 Å². The lowest BCUT2D eigenvalue weighted by atomic mass is 9.76. The van der Waals surface area contributed by atoms with Crippen LogP contribution in [0.5, 0.6) is 0 Å². The number of ether oxygens (including phenoxy) is 1. The van der Waals surface area contributed by atoms with E-state index in [1.54, 1.807) is 28.9 Å². The third-order valence-electron chi connectivity index (χ3n) is 7.63. The Hall–Kier alpha value is -3.54. The molecule has 5 heterocycles. The van der Waals surface area contributed by atoms with Crippen molar-refractivity contribution < 1.29 is 9.53 Å². The van der Waals surface area contributed by atoms with Gasteiger partial charge in [0, 0.05) is 44.7 Å². The molecule has 2 aliphatic heterocycles. The molecule has 1 amide bonds. The van der Waals surface area contributed by atoms with Gasteiger partial charge in [-0.3, -0.25) is 23.9 Å². The number of aromatic nitrogens is 2. The van der Waals surface area contributed by atoms with Crippen LogP contribution < -0.4 is 10.9 Å². The maximum Gasteiger partial charge on any atom is 0.267 e. The van der Waals surface area contributed by atoms with Gasteiger partial charge in [-0.1, -0.05) is 19.1 Å². The molecule has 0 spiro atoms. The average molecular weight is 486 g/mol. The molecule has 2 atom stereocenters. The summed E-state index contributed by atoms with van der Waals surface area (Å²) in [4.78, 5) is 33.2. The number of carbonyl (C=O) groups excluding carboxylic acids is 1. The van der Waals surface area contributed by atoms with Gasteiger partial charge in [-0.15, -0.1) is 0 Å². The number of hydrogen-bond donors (Lipinski definition) is 1. The maximum atomic E-state index is 13.2. The van der Waals surface area contributed by atoms with Crippen LogP contribution in [-0.4, -0.2) is 52.5 Å². The zero-order chi connectivity index (χ0) is 25.1. The summed E-state index contributed by atoms with van der Waals surface area (Å²) in [6.45, 7) is 5.29. The minimum absolute atomic E-state index is 0.0154. The Morgan fingerprint density at radius 2 is 2.06 bits per heavy atom. The van der Waals surface area contributed by atoms with Crippen LogP contribution >= 0.6 is 0 Å². The summed E-state index contributed by atoms with van der Waals surface area (Å²) in [5.74, 6) is -0.145. The second-order valence-corrected chi connectivity index (χ2v) is 9.95. The predicted octanol–water partition coefficient (Wildman–Crippen LogP) is 2.91. The van der Waals surface area contributed by atoms with Crippen LogP contribution in [0.25, 0.3) is 5.52 Å². The summed E-state index contributed by atoms with van der Waals surface area (Å²) >= 11 is 0. The molecule has 5 rings (SSSR count). The third kappa shape index (κ3) is 4.64. The molecule has 186 valence electrons. The van der Waals surface area contributed by atoms with Crippen LogP contribution in [0.4, 0.5) is 0 Å². The van der Waals surface area contributed by atoms with Gasteiger partial charge in [0.2, 0.25) is 0 Å². The van der Waals surface area contributed by atoms with Crippen molar-refractivity contribution in [3.63, 3.8) is 0 Å². The van der Waals surface area contributed by atoms with Crippen molar-refractivity contribution in [2.24, 2.45) is 5.92 Å². The Balaban J connectivity index is 1.39. The lowest BCUT2D eigenvalue weighted by Gasteiger charge is -2.37. The zero-order valence-corrected chi connectivity index (χ0v) is 20.5. The number of piperidine rings is 1. The summed E-state index contributed by atoms with van der Waals surface area (Å²) < 4.78 is 7.05. The van der Waals surface area contributed by atoms with Gasteiger partial charge in [-0.2, -0.15) is 5.26 Å². The van der Waals surface area contributed by atoms with E-state index < -0.39 is 5.41 Å². The van der Waals surface area contributed by atoms with Crippen LogP contribution in [0.15, 0.2) is 59.7 Å². The Morgan fingerprint density at radius 1 is 1.25 bits per heavy atom. The quantitative estimate of drug-likeness (QED) is 0.597. The molecule has 0 radical (unpaired) electrons. The van der Waals surface area contributed by atoms with E-state index in [-0.39, 0.29) is 29.0 Å². The summed E-state index contributed by atoms with van der Waals surface area (Å²) in [7, 11) is 0.